The van der Waals surface area contributed by atoms with Crippen LogP contribution in [-0.4, -0.2) is 29.5 Å². The molecule has 66 valence electrons. The molecule has 1 amide bonds. The number of hydrogen-bond donors (Lipinski definition) is 0. The zero-order valence-corrected chi connectivity index (χ0v) is 7.74. The molecule has 0 saturated carbocycles. The van der Waals surface area contributed by atoms with Crippen molar-refractivity contribution in [2.75, 3.05) is 14.1 Å². The van der Waals surface area contributed by atoms with E-state index in [1.54, 1.807) is 18.5 Å². The molecule has 1 aliphatic rings. The Morgan fingerprint density at radius 1 is 1.38 bits per heavy atom. The fourth-order valence-corrected chi connectivity index (χ4v) is 1.54. The van der Waals surface area contributed by atoms with E-state index in [2.05, 4.69) is 11.6 Å². The van der Waals surface area contributed by atoms with Crippen LogP contribution in [0.15, 0.2) is 25.0 Å². The first-order chi connectivity index (χ1) is 6.05. The van der Waals surface area contributed by atoms with E-state index in [-0.39, 0.29) is 10.4 Å². The number of nitrogens with zero attached hydrogens (tertiary/aromatic N) is 2. The van der Waals surface area contributed by atoms with Gasteiger partial charge in [0.25, 0.3) is 0 Å². The van der Waals surface area contributed by atoms with E-state index >= 15 is 0 Å². The Bertz CT molecular complexity index is 370. The smallest absolute Gasteiger partial charge is 0.264 e. The van der Waals surface area contributed by atoms with Gasteiger partial charge >= 0.3 is 5.91 Å². The van der Waals surface area contributed by atoms with Crippen molar-refractivity contribution in [2.24, 2.45) is 0 Å². The summed E-state index contributed by atoms with van der Waals surface area (Å²) in [7, 11) is 3.68. The Balaban J connectivity index is 2.71. The molecule has 13 heavy (non-hydrogen) atoms. The summed E-state index contributed by atoms with van der Waals surface area (Å²) in [6, 6.07) is 1.75. The van der Waals surface area contributed by atoms with Crippen molar-refractivity contribution in [1.82, 2.24) is 4.98 Å². The average Bonchev–Trinajstić information content (AvgIpc) is 2.30. The van der Waals surface area contributed by atoms with Crippen LogP contribution in [0.2, 0.25) is 0 Å². The SMILES string of the molecule is C=C1c2cnccc2C(=O)[N+]1(C)C. The maximum Gasteiger partial charge on any atom is 0.351 e. The number of carbonyl (C=O) groups is 1. The number of quaternary nitrogens is 1. The summed E-state index contributed by atoms with van der Waals surface area (Å²) in [6.07, 6.45) is 3.33. The average molecular weight is 175 g/mol. The van der Waals surface area contributed by atoms with E-state index in [0.717, 1.165) is 16.8 Å². The number of amides is 1. The third-order valence-corrected chi connectivity index (χ3v) is 2.54. The third kappa shape index (κ3) is 0.876. The lowest BCUT2D eigenvalue weighted by atomic mass is 10.1. The molecular weight excluding hydrogens is 164 g/mol. The van der Waals surface area contributed by atoms with E-state index in [4.69, 9.17) is 0 Å². The highest BCUT2D eigenvalue weighted by molar-refractivity contribution is 6.01. The van der Waals surface area contributed by atoms with Crippen molar-refractivity contribution in [3.63, 3.8) is 0 Å². The van der Waals surface area contributed by atoms with Crippen LogP contribution >= 0.6 is 0 Å². The molecule has 0 aliphatic carbocycles. The van der Waals surface area contributed by atoms with Gasteiger partial charge in [0.15, 0.2) is 0 Å². The number of fused-ring (bicyclic) bond motifs is 1. The molecule has 0 atom stereocenters. The summed E-state index contributed by atoms with van der Waals surface area (Å²) < 4.78 is 0.209. The van der Waals surface area contributed by atoms with Gasteiger partial charge in [0.05, 0.1) is 25.2 Å². The first-order valence-corrected chi connectivity index (χ1v) is 4.08. The molecule has 0 spiro atoms. The topological polar surface area (TPSA) is 30.0 Å². The summed E-state index contributed by atoms with van der Waals surface area (Å²) in [5.74, 6) is 0.0856. The highest BCUT2D eigenvalue weighted by Gasteiger charge is 2.42. The van der Waals surface area contributed by atoms with Gasteiger partial charge in [0, 0.05) is 12.4 Å². The van der Waals surface area contributed by atoms with Gasteiger partial charge in [-0.1, -0.05) is 0 Å². The predicted octanol–water partition coefficient (Wildman–Crippen LogP) is 1.28. The molecule has 0 saturated heterocycles. The van der Waals surface area contributed by atoms with Crippen LogP contribution in [-0.2, 0) is 0 Å². The predicted molar refractivity (Wildman–Crippen MR) is 49.7 cm³/mol. The zero-order chi connectivity index (χ0) is 9.64. The second kappa shape index (κ2) is 2.26. The van der Waals surface area contributed by atoms with Crippen molar-refractivity contribution < 1.29 is 9.28 Å². The largest absolute Gasteiger partial charge is 0.351 e. The second-order valence-corrected chi connectivity index (χ2v) is 3.63. The fourth-order valence-electron chi connectivity index (χ4n) is 1.54. The van der Waals surface area contributed by atoms with Gasteiger partial charge in [-0.15, -0.1) is 0 Å². The van der Waals surface area contributed by atoms with Crippen molar-refractivity contribution in [1.29, 1.82) is 0 Å². The van der Waals surface area contributed by atoms with Gasteiger partial charge in [0.1, 0.15) is 5.70 Å². The van der Waals surface area contributed by atoms with Crippen LogP contribution in [0.5, 0.6) is 0 Å². The molecular formula is C10H11N2O+. The Morgan fingerprint density at radius 2 is 2.08 bits per heavy atom. The molecule has 1 aromatic rings. The van der Waals surface area contributed by atoms with E-state index < -0.39 is 0 Å². The van der Waals surface area contributed by atoms with E-state index in [0.29, 0.717) is 0 Å². The molecule has 1 aliphatic heterocycles. The van der Waals surface area contributed by atoms with Gasteiger partial charge < -0.3 is 0 Å². The maximum absolute atomic E-state index is 11.8. The van der Waals surface area contributed by atoms with Gasteiger partial charge in [-0.25, -0.2) is 9.28 Å². The van der Waals surface area contributed by atoms with E-state index in [9.17, 15) is 4.79 Å². The Hall–Kier alpha value is -1.48. The van der Waals surface area contributed by atoms with E-state index in [1.807, 2.05) is 14.1 Å². The standard InChI is InChI=1S/C10H11N2O/c1-7-9-6-11-5-4-8(9)10(13)12(7,2)3/h4-6H,1H2,2-3H3/q+1. The fraction of sp³-hybridized carbons (Fsp3) is 0.200. The Labute approximate surface area is 76.9 Å². The van der Waals surface area contributed by atoms with Gasteiger partial charge in [-0.3, -0.25) is 4.98 Å². The molecule has 0 fully saturated rings. The summed E-state index contributed by atoms with van der Waals surface area (Å²) >= 11 is 0. The van der Waals surface area contributed by atoms with Crippen molar-refractivity contribution in [2.45, 2.75) is 0 Å². The van der Waals surface area contributed by atoms with Gasteiger partial charge in [0.2, 0.25) is 0 Å². The minimum atomic E-state index is 0.0856. The summed E-state index contributed by atoms with van der Waals surface area (Å²) in [4.78, 5) is 15.8. The van der Waals surface area contributed by atoms with Crippen molar-refractivity contribution in [3.8, 4) is 0 Å². The van der Waals surface area contributed by atoms with Gasteiger partial charge in [-0.2, -0.15) is 0 Å². The molecule has 0 bridgehead atoms. The van der Waals surface area contributed by atoms with Crippen LogP contribution in [0.1, 0.15) is 15.9 Å². The van der Waals surface area contributed by atoms with Crippen LogP contribution in [0.4, 0.5) is 0 Å². The summed E-state index contributed by atoms with van der Waals surface area (Å²) in [6.45, 7) is 3.91. The van der Waals surface area contributed by atoms with Crippen molar-refractivity contribution in [3.05, 3.63) is 36.2 Å². The lowest BCUT2D eigenvalue weighted by molar-refractivity contribution is -0.726. The Morgan fingerprint density at radius 3 is 2.69 bits per heavy atom. The second-order valence-electron chi connectivity index (χ2n) is 3.63. The molecule has 0 N–H and O–H groups in total. The number of aromatic nitrogens is 1. The molecule has 0 unspecified atom stereocenters. The Kier molecular flexibility index (Phi) is 1.42. The molecule has 2 rings (SSSR count). The number of carbonyl (C=O) groups excluding carboxylic acids is 1. The molecule has 0 radical (unpaired) electrons. The van der Waals surface area contributed by atoms with E-state index in [1.165, 1.54) is 0 Å². The molecule has 1 aromatic heterocycles. The molecule has 3 nitrogen and oxygen atoms in total. The lowest BCUT2D eigenvalue weighted by Gasteiger charge is -2.20. The summed E-state index contributed by atoms with van der Waals surface area (Å²) in [5, 5.41) is 0. The first kappa shape index (κ1) is 8.13. The quantitative estimate of drug-likeness (QED) is 0.556. The zero-order valence-electron chi connectivity index (χ0n) is 7.74. The first-order valence-electron chi connectivity index (χ1n) is 4.08. The number of pyridine rings is 1. The maximum atomic E-state index is 11.8. The summed E-state index contributed by atoms with van der Waals surface area (Å²) in [5.41, 5.74) is 2.41. The van der Waals surface area contributed by atoms with Gasteiger partial charge in [-0.05, 0) is 12.6 Å². The van der Waals surface area contributed by atoms with Crippen LogP contribution in [0, 0.1) is 0 Å². The van der Waals surface area contributed by atoms with Crippen molar-refractivity contribution >= 4 is 11.6 Å². The third-order valence-electron chi connectivity index (χ3n) is 2.54. The minimum absolute atomic E-state index is 0.0856. The lowest BCUT2D eigenvalue weighted by Crippen LogP contribution is -2.38. The monoisotopic (exact) mass is 175 g/mol. The highest BCUT2D eigenvalue weighted by Crippen LogP contribution is 2.34. The van der Waals surface area contributed by atoms with Crippen LogP contribution in [0.25, 0.3) is 5.70 Å². The van der Waals surface area contributed by atoms with Crippen LogP contribution < -0.4 is 0 Å². The minimum Gasteiger partial charge on any atom is -0.264 e. The molecule has 3 heteroatoms. The highest BCUT2D eigenvalue weighted by atomic mass is 16.2. The molecule has 2 heterocycles. The number of rotatable bonds is 0. The number of hydrogen-bond acceptors (Lipinski definition) is 2. The van der Waals surface area contributed by atoms with Crippen LogP contribution in [0.3, 0.4) is 0 Å². The normalized spacial score (nSPS) is 18.9. The molecule has 0 aromatic carbocycles.